The Hall–Kier alpha value is -1.66. The van der Waals surface area contributed by atoms with E-state index in [1.54, 1.807) is 13.3 Å². The standard InChI is InChI=1S/C19H28N2O4/c1-3-24-13-8-18(22)21-12-10-19(23-2)9-7-15(14-16(19)21)25-17-6-4-5-11-20-17/h4-6,11,15-16H,3,7-10,12-14H2,1-2H3/t15?,16?,19-/m1/s1. The van der Waals surface area contributed by atoms with Crippen LogP contribution in [0, 0.1) is 0 Å². The number of hydrogen-bond acceptors (Lipinski definition) is 5. The lowest BCUT2D eigenvalue weighted by Gasteiger charge is -2.43. The molecule has 0 radical (unpaired) electrons. The van der Waals surface area contributed by atoms with Crippen molar-refractivity contribution in [3.8, 4) is 5.88 Å². The van der Waals surface area contributed by atoms with Crippen molar-refractivity contribution in [1.29, 1.82) is 0 Å². The van der Waals surface area contributed by atoms with E-state index in [4.69, 9.17) is 14.2 Å². The van der Waals surface area contributed by atoms with Gasteiger partial charge >= 0.3 is 0 Å². The fourth-order valence-electron chi connectivity index (χ4n) is 4.10. The molecule has 2 aliphatic rings. The molecule has 6 heteroatoms. The second-order valence-corrected chi connectivity index (χ2v) is 6.75. The molecule has 1 saturated carbocycles. The highest BCUT2D eigenvalue weighted by atomic mass is 16.5. The van der Waals surface area contributed by atoms with Gasteiger partial charge in [-0.3, -0.25) is 4.79 Å². The Morgan fingerprint density at radius 3 is 3.00 bits per heavy atom. The summed E-state index contributed by atoms with van der Waals surface area (Å²) in [5.41, 5.74) is -0.231. The quantitative estimate of drug-likeness (QED) is 0.708. The average Bonchev–Trinajstić information content (AvgIpc) is 3.02. The number of carbonyl (C=O) groups excluding carboxylic acids is 1. The Balaban J connectivity index is 1.66. The van der Waals surface area contributed by atoms with Crippen molar-refractivity contribution < 1.29 is 19.0 Å². The molecule has 1 amide bonds. The van der Waals surface area contributed by atoms with Crippen molar-refractivity contribution in [1.82, 2.24) is 9.88 Å². The molecule has 6 nitrogen and oxygen atoms in total. The Morgan fingerprint density at radius 1 is 1.40 bits per heavy atom. The number of nitrogens with zero attached hydrogens (tertiary/aromatic N) is 2. The van der Waals surface area contributed by atoms with Gasteiger partial charge in [0.1, 0.15) is 6.10 Å². The number of fused-ring (bicyclic) bond motifs is 1. The zero-order valence-corrected chi connectivity index (χ0v) is 15.1. The largest absolute Gasteiger partial charge is 0.474 e. The van der Waals surface area contributed by atoms with Gasteiger partial charge in [-0.25, -0.2) is 4.98 Å². The SMILES string of the molecule is CCOCCC(=O)N1CC[C@]2(OC)CCC(Oc3ccccn3)CC12. The number of carbonyl (C=O) groups is 1. The molecule has 2 unspecified atom stereocenters. The number of pyridine rings is 1. The third kappa shape index (κ3) is 3.96. The van der Waals surface area contributed by atoms with Crippen LogP contribution in [0.4, 0.5) is 0 Å². The minimum absolute atomic E-state index is 0.0588. The van der Waals surface area contributed by atoms with Gasteiger partial charge < -0.3 is 19.1 Å². The van der Waals surface area contributed by atoms with E-state index in [9.17, 15) is 4.79 Å². The molecule has 3 rings (SSSR count). The van der Waals surface area contributed by atoms with Crippen LogP contribution in [0.1, 0.15) is 39.0 Å². The summed E-state index contributed by atoms with van der Waals surface area (Å²) in [6.45, 7) is 3.81. The highest BCUT2D eigenvalue weighted by molar-refractivity contribution is 5.77. The third-order valence-corrected chi connectivity index (χ3v) is 5.45. The van der Waals surface area contributed by atoms with Gasteiger partial charge in [0, 0.05) is 38.9 Å². The van der Waals surface area contributed by atoms with E-state index in [-0.39, 0.29) is 23.7 Å². The molecule has 0 spiro atoms. The number of methoxy groups -OCH3 is 1. The number of rotatable bonds is 7. The zero-order valence-electron chi connectivity index (χ0n) is 15.1. The highest BCUT2D eigenvalue weighted by Gasteiger charge is 2.52. The predicted octanol–water partition coefficient (Wildman–Crippen LogP) is 2.43. The maximum absolute atomic E-state index is 12.6. The number of hydrogen-bond donors (Lipinski definition) is 0. The molecule has 0 bridgehead atoms. The molecule has 1 saturated heterocycles. The molecule has 1 aromatic rings. The molecule has 138 valence electrons. The molecule has 0 N–H and O–H groups in total. The molecule has 2 heterocycles. The Morgan fingerprint density at radius 2 is 2.28 bits per heavy atom. The summed E-state index contributed by atoms with van der Waals surface area (Å²) in [6.07, 6.45) is 5.72. The maximum Gasteiger partial charge on any atom is 0.225 e. The summed E-state index contributed by atoms with van der Waals surface area (Å²) >= 11 is 0. The molecule has 3 atom stereocenters. The molecule has 2 fully saturated rings. The van der Waals surface area contributed by atoms with Crippen molar-refractivity contribution in [2.75, 3.05) is 26.9 Å². The first-order valence-electron chi connectivity index (χ1n) is 9.18. The third-order valence-electron chi connectivity index (χ3n) is 5.45. The van der Waals surface area contributed by atoms with Crippen LogP contribution in [-0.4, -0.2) is 60.4 Å². The van der Waals surface area contributed by atoms with E-state index in [2.05, 4.69) is 4.98 Å². The van der Waals surface area contributed by atoms with Crippen LogP contribution in [0.3, 0.4) is 0 Å². The number of likely N-dealkylation sites (tertiary alicyclic amines) is 1. The molecule has 0 aromatic carbocycles. The average molecular weight is 348 g/mol. The summed E-state index contributed by atoms with van der Waals surface area (Å²) < 4.78 is 17.3. The van der Waals surface area contributed by atoms with Crippen LogP contribution in [0.2, 0.25) is 0 Å². The molecular weight excluding hydrogens is 320 g/mol. The summed E-state index contributed by atoms with van der Waals surface area (Å²) in [5.74, 6) is 0.792. The fourth-order valence-corrected chi connectivity index (χ4v) is 4.10. The fraction of sp³-hybridized carbons (Fsp3) is 0.684. The van der Waals surface area contributed by atoms with Gasteiger partial charge in [-0.15, -0.1) is 0 Å². The van der Waals surface area contributed by atoms with E-state index in [1.807, 2.05) is 30.0 Å². The maximum atomic E-state index is 12.6. The van der Waals surface area contributed by atoms with E-state index in [0.29, 0.717) is 25.5 Å². The van der Waals surface area contributed by atoms with Gasteiger partial charge in [-0.2, -0.15) is 0 Å². The smallest absolute Gasteiger partial charge is 0.225 e. The number of aromatic nitrogens is 1. The summed E-state index contributed by atoms with van der Waals surface area (Å²) in [5, 5.41) is 0. The lowest BCUT2D eigenvalue weighted by Crippen LogP contribution is -2.53. The van der Waals surface area contributed by atoms with Gasteiger partial charge in [-0.1, -0.05) is 6.07 Å². The Labute approximate surface area is 149 Å². The second-order valence-electron chi connectivity index (χ2n) is 6.75. The minimum atomic E-state index is -0.231. The van der Waals surface area contributed by atoms with Crippen LogP contribution in [0.5, 0.6) is 5.88 Å². The minimum Gasteiger partial charge on any atom is -0.474 e. The van der Waals surface area contributed by atoms with E-state index < -0.39 is 0 Å². The van der Waals surface area contributed by atoms with E-state index in [1.165, 1.54) is 0 Å². The predicted molar refractivity (Wildman–Crippen MR) is 93.5 cm³/mol. The normalized spacial score (nSPS) is 28.6. The van der Waals surface area contributed by atoms with E-state index in [0.717, 1.165) is 32.2 Å². The summed E-state index contributed by atoms with van der Waals surface area (Å²) in [4.78, 5) is 18.9. The highest BCUT2D eigenvalue weighted by Crippen LogP contribution is 2.43. The van der Waals surface area contributed by atoms with Crippen molar-refractivity contribution >= 4 is 5.91 Å². The molecule has 1 aliphatic carbocycles. The van der Waals surface area contributed by atoms with Crippen LogP contribution in [0.15, 0.2) is 24.4 Å². The lowest BCUT2D eigenvalue weighted by molar-refractivity contribution is -0.140. The van der Waals surface area contributed by atoms with Crippen molar-refractivity contribution in [3.63, 3.8) is 0 Å². The number of amides is 1. The lowest BCUT2D eigenvalue weighted by atomic mass is 9.79. The summed E-state index contributed by atoms with van der Waals surface area (Å²) in [7, 11) is 1.76. The van der Waals surface area contributed by atoms with Gasteiger partial charge in [-0.05, 0) is 32.3 Å². The van der Waals surface area contributed by atoms with Crippen molar-refractivity contribution in [2.24, 2.45) is 0 Å². The Kier molecular flexibility index (Phi) is 5.91. The first kappa shape index (κ1) is 18.1. The Bertz CT molecular complexity index is 568. The monoisotopic (exact) mass is 348 g/mol. The van der Waals surface area contributed by atoms with Crippen LogP contribution < -0.4 is 4.74 Å². The summed E-state index contributed by atoms with van der Waals surface area (Å²) in [6, 6.07) is 5.73. The van der Waals surface area contributed by atoms with Crippen molar-refractivity contribution in [2.45, 2.75) is 56.8 Å². The topological polar surface area (TPSA) is 60.9 Å². The van der Waals surface area contributed by atoms with Crippen LogP contribution >= 0.6 is 0 Å². The number of ether oxygens (including phenoxy) is 3. The molecule has 1 aromatic heterocycles. The van der Waals surface area contributed by atoms with Crippen LogP contribution in [-0.2, 0) is 14.3 Å². The molecule has 25 heavy (non-hydrogen) atoms. The van der Waals surface area contributed by atoms with Gasteiger partial charge in [0.05, 0.1) is 24.7 Å². The molecular formula is C19H28N2O4. The first-order valence-corrected chi connectivity index (χ1v) is 9.18. The van der Waals surface area contributed by atoms with E-state index >= 15 is 0 Å². The van der Waals surface area contributed by atoms with Crippen LogP contribution in [0.25, 0.3) is 0 Å². The van der Waals surface area contributed by atoms with Crippen molar-refractivity contribution in [3.05, 3.63) is 24.4 Å². The second kappa shape index (κ2) is 8.15. The molecule has 1 aliphatic heterocycles. The zero-order chi connectivity index (χ0) is 17.7. The first-order chi connectivity index (χ1) is 12.2. The van der Waals surface area contributed by atoms with Gasteiger partial charge in [0.15, 0.2) is 0 Å². The van der Waals surface area contributed by atoms with Gasteiger partial charge in [0.25, 0.3) is 0 Å². The van der Waals surface area contributed by atoms with Gasteiger partial charge in [0.2, 0.25) is 11.8 Å².